The Morgan fingerprint density at radius 1 is 1.04 bits per heavy atom. The zero-order valence-electron chi connectivity index (χ0n) is 15.1. The maximum Gasteiger partial charge on any atom is 0.166 e. The van der Waals surface area contributed by atoms with Crippen LogP contribution in [0.15, 0.2) is 18.7 Å². The van der Waals surface area contributed by atoms with E-state index in [-0.39, 0.29) is 6.23 Å². The predicted octanol–water partition coefficient (Wildman–Crippen LogP) is 3.77. The molecule has 2 aliphatic rings. The molecule has 1 aliphatic carbocycles. The molecule has 0 saturated carbocycles. The molecule has 1 saturated heterocycles. The van der Waals surface area contributed by atoms with Crippen molar-refractivity contribution < 1.29 is 4.74 Å². The molecule has 3 aromatic rings. The zero-order valence-corrected chi connectivity index (χ0v) is 15.1. The second-order valence-electron chi connectivity index (χ2n) is 7.32. The number of fused-ring (bicyclic) bond motifs is 2. The number of hydrogen-bond donors (Lipinski definition) is 0. The van der Waals surface area contributed by atoms with Gasteiger partial charge in [-0.3, -0.25) is 9.55 Å². The van der Waals surface area contributed by atoms with Gasteiger partial charge in [-0.2, -0.15) is 0 Å². The molecule has 3 aromatic heterocycles. The first-order chi connectivity index (χ1) is 12.8. The molecule has 6 heteroatoms. The van der Waals surface area contributed by atoms with Crippen molar-refractivity contribution in [2.75, 3.05) is 6.61 Å². The molecular weight excluding hydrogens is 326 g/mol. The van der Waals surface area contributed by atoms with Crippen molar-refractivity contribution in [3.63, 3.8) is 0 Å². The van der Waals surface area contributed by atoms with E-state index in [0.717, 1.165) is 60.5 Å². The van der Waals surface area contributed by atoms with Gasteiger partial charge in [-0.15, -0.1) is 0 Å². The fourth-order valence-electron chi connectivity index (χ4n) is 4.26. The van der Waals surface area contributed by atoms with Crippen LogP contribution >= 0.6 is 0 Å². The van der Waals surface area contributed by atoms with Crippen LogP contribution in [0.3, 0.4) is 0 Å². The number of rotatable bonds is 2. The molecule has 0 amide bonds. The lowest BCUT2D eigenvalue weighted by molar-refractivity contribution is -0.0298. The van der Waals surface area contributed by atoms with Crippen molar-refractivity contribution in [1.29, 1.82) is 0 Å². The summed E-state index contributed by atoms with van der Waals surface area (Å²) in [5.74, 6) is 0. The highest BCUT2D eigenvalue weighted by molar-refractivity contribution is 5.87. The standard InChI is InChI=1S/C20H23N5O/c1-13-10-14-6-2-3-7-15(14)17(24-13)18-19-20(22-11-21-18)25(12-23-19)16-8-4-5-9-26-16/h10-12,16H,2-9H2,1H3. The van der Waals surface area contributed by atoms with Crippen LogP contribution in [-0.2, 0) is 17.6 Å². The average Bonchev–Trinajstić information content (AvgIpc) is 3.12. The van der Waals surface area contributed by atoms with Crippen LogP contribution in [0.25, 0.3) is 22.6 Å². The number of pyridine rings is 1. The van der Waals surface area contributed by atoms with Crippen molar-refractivity contribution >= 4 is 11.2 Å². The van der Waals surface area contributed by atoms with Gasteiger partial charge in [0.05, 0.1) is 12.0 Å². The van der Waals surface area contributed by atoms with Crippen molar-refractivity contribution in [3.05, 3.63) is 35.5 Å². The predicted molar refractivity (Wildman–Crippen MR) is 98.8 cm³/mol. The van der Waals surface area contributed by atoms with Crippen molar-refractivity contribution in [3.8, 4) is 11.4 Å². The number of nitrogens with zero attached hydrogens (tertiary/aromatic N) is 5. The van der Waals surface area contributed by atoms with E-state index in [1.54, 1.807) is 6.33 Å². The minimum atomic E-state index is 0.0240. The van der Waals surface area contributed by atoms with Crippen molar-refractivity contribution in [2.45, 2.75) is 58.1 Å². The fraction of sp³-hybridized carbons (Fsp3) is 0.500. The van der Waals surface area contributed by atoms with Crippen LogP contribution in [-0.4, -0.2) is 31.1 Å². The summed E-state index contributed by atoms with van der Waals surface area (Å²) in [6, 6.07) is 2.23. The van der Waals surface area contributed by atoms with Gasteiger partial charge in [0.2, 0.25) is 0 Å². The van der Waals surface area contributed by atoms with Gasteiger partial charge in [0.15, 0.2) is 5.65 Å². The quantitative estimate of drug-likeness (QED) is 0.704. The number of ether oxygens (including phenoxy) is 1. The van der Waals surface area contributed by atoms with Crippen molar-refractivity contribution in [1.82, 2.24) is 24.5 Å². The maximum absolute atomic E-state index is 5.93. The molecule has 5 rings (SSSR count). The summed E-state index contributed by atoms with van der Waals surface area (Å²) in [6.45, 7) is 2.86. The van der Waals surface area contributed by atoms with Gasteiger partial charge in [-0.1, -0.05) is 0 Å². The summed E-state index contributed by atoms with van der Waals surface area (Å²) >= 11 is 0. The maximum atomic E-state index is 5.93. The van der Waals surface area contributed by atoms with Gasteiger partial charge in [-0.25, -0.2) is 15.0 Å². The molecule has 1 atom stereocenters. The van der Waals surface area contributed by atoms with Gasteiger partial charge in [0.25, 0.3) is 0 Å². The van der Waals surface area contributed by atoms with Gasteiger partial charge < -0.3 is 4.74 Å². The van der Waals surface area contributed by atoms with Gasteiger partial charge >= 0.3 is 0 Å². The van der Waals surface area contributed by atoms with Crippen LogP contribution in [0, 0.1) is 6.92 Å². The van der Waals surface area contributed by atoms with Crippen LogP contribution < -0.4 is 0 Å². The van der Waals surface area contributed by atoms with E-state index in [1.165, 1.54) is 30.4 Å². The molecule has 0 aromatic carbocycles. The minimum absolute atomic E-state index is 0.0240. The average molecular weight is 349 g/mol. The van der Waals surface area contributed by atoms with E-state index >= 15 is 0 Å². The second-order valence-corrected chi connectivity index (χ2v) is 7.32. The first kappa shape index (κ1) is 15.9. The third-order valence-electron chi connectivity index (χ3n) is 5.52. The van der Waals surface area contributed by atoms with Crippen LogP contribution in [0.1, 0.15) is 55.2 Å². The molecule has 0 bridgehead atoms. The van der Waals surface area contributed by atoms with Crippen LogP contribution in [0.5, 0.6) is 0 Å². The van der Waals surface area contributed by atoms with Crippen molar-refractivity contribution in [2.24, 2.45) is 0 Å². The lowest BCUT2D eigenvalue weighted by Crippen LogP contribution is -2.17. The molecule has 6 nitrogen and oxygen atoms in total. The Labute approximate surface area is 152 Å². The Balaban J connectivity index is 1.67. The van der Waals surface area contributed by atoms with Gasteiger partial charge in [0.1, 0.15) is 23.8 Å². The molecule has 4 heterocycles. The smallest absolute Gasteiger partial charge is 0.166 e. The number of hydrogen-bond acceptors (Lipinski definition) is 5. The summed E-state index contributed by atoms with van der Waals surface area (Å²) in [6.07, 6.45) is 11.5. The Kier molecular flexibility index (Phi) is 3.93. The van der Waals surface area contributed by atoms with Gasteiger partial charge in [-0.05, 0) is 69.1 Å². The summed E-state index contributed by atoms with van der Waals surface area (Å²) in [5, 5.41) is 0. The van der Waals surface area contributed by atoms with Crippen LogP contribution in [0.2, 0.25) is 0 Å². The summed E-state index contributed by atoms with van der Waals surface area (Å²) in [4.78, 5) is 18.6. The first-order valence-corrected chi connectivity index (χ1v) is 9.60. The number of aryl methyl sites for hydroxylation is 2. The first-order valence-electron chi connectivity index (χ1n) is 9.60. The van der Waals surface area contributed by atoms with E-state index < -0.39 is 0 Å². The summed E-state index contributed by atoms with van der Waals surface area (Å²) in [5.41, 5.74) is 7.31. The molecular formula is C20H23N5O. The third-order valence-corrected chi connectivity index (χ3v) is 5.52. The number of imidazole rings is 1. The summed E-state index contributed by atoms with van der Waals surface area (Å²) in [7, 11) is 0. The molecule has 1 aliphatic heterocycles. The van der Waals surface area contributed by atoms with E-state index in [4.69, 9.17) is 9.72 Å². The third kappa shape index (κ3) is 2.60. The highest BCUT2D eigenvalue weighted by atomic mass is 16.5. The SMILES string of the molecule is Cc1cc2c(c(-c3ncnc4c3ncn4C3CCCCO3)n1)CCCC2. The summed E-state index contributed by atoms with van der Waals surface area (Å²) < 4.78 is 7.99. The molecule has 0 N–H and O–H groups in total. The normalized spacial score (nSPS) is 20.3. The molecule has 1 fully saturated rings. The monoisotopic (exact) mass is 349 g/mol. The van der Waals surface area contributed by atoms with E-state index in [9.17, 15) is 0 Å². The highest BCUT2D eigenvalue weighted by Gasteiger charge is 2.23. The second kappa shape index (κ2) is 6.43. The minimum Gasteiger partial charge on any atom is -0.358 e. The fourth-order valence-corrected chi connectivity index (χ4v) is 4.26. The lowest BCUT2D eigenvalue weighted by atomic mass is 9.89. The molecule has 0 spiro atoms. The molecule has 1 unspecified atom stereocenters. The van der Waals surface area contributed by atoms with E-state index in [0.29, 0.717) is 0 Å². The molecule has 0 radical (unpaired) electrons. The largest absolute Gasteiger partial charge is 0.358 e. The van der Waals surface area contributed by atoms with Crippen LogP contribution in [0.4, 0.5) is 0 Å². The van der Waals surface area contributed by atoms with Gasteiger partial charge in [0, 0.05) is 12.3 Å². The van der Waals surface area contributed by atoms with E-state index in [1.807, 2.05) is 6.33 Å². The molecule has 26 heavy (non-hydrogen) atoms. The Morgan fingerprint density at radius 2 is 1.96 bits per heavy atom. The Bertz CT molecular complexity index is 958. The van der Waals surface area contributed by atoms with E-state index in [2.05, 4.69) is 32.5 Å². The Morgan fingerprint density at radius 3 is 2.85 bits per heavy atom. The highest BCUT2D eigenvalue weighted by Crippen LogP contribution is 2.33. The lowest BCUT2D eigenvalue weighted by Gasteiger charge is -2.23. The number of aromatic nitrogens is 5. The topological polar surface area (TPSA) is 65.7 Å². The molecule has 134 valence electrons. The Hall–Kier alpha value is -2.34. The zero-order chi connectivity index (χ0) is 17.5.